The minimum Gasteiger partial charge on any atom is -0.488 e. The first-order chi connectivity index (χ1) is 13.2. The molecule has 2 heterocycles. The molecule has 1 saturated heterocycles. The third-order valence-corrected chi connectivity index (χ3v) is 5.67. The molecule has 1 amide bonds. The number of carbonyl (C=O) groups excluding carboxylic acids is 1. The molecular weight excluding hydrogens is 338 g/mol. The lowest BCUT2D eigenvalue weighted by Gasteiger charge is -2.21. The second-order valence-corrected chi connectivity index (χ2v) is 7.68. The van der Waals surface area contributed by atoms with Gasteiger partial charge in [-0.05, 0) is 43.0 Å². The van der Waals surface area contributed by atoms with Gasteiger partial charge in [0.05, 0.1) is 11.8 Å². The number of ether oxygens (including phenoxy) is 1. The summed E-state index contributed by atoms with van der Waals surface area (Å²) < 4.78 is 8.70. The minimum absolute atomic E-state index is 0.0410. The number of carbonyl (C=O) groups is 1. The van der Waals surface area contributed by atoms with E-state index in [2.05, 4.69) is 46.1 Å². The lowest BCUT2D eigenvalue weighted by atomic mass is 10.0. The van der Waals surface area contributed by atoms with Gasteiger partial charge in [-0.25, -0.2) is 4.98 Å². The highest BCUT2D eigenvalue weighted by Gasteiger charge is 2.30. The van der Waals surface area contributed by atoms with Gasteiger partial charge in [0.25, 0.3) is 0 Å². The van der Waals surface area contributed by atoms with E-state index in [1.165, 1.54) is 12.8 Å². The lowest BCUT2D eigenvalue weighted by molar-refractivity contribution is -0.119. The Balaban J connectivity index is 1.57. The van der Waals surface area contributed by atoms with Crippen LogP contribution in [0.25, 0.3) is 22.2 Å². The van der Waals surface area contributed by atoms with Gasteiger partial charge in [-0.3, -0.25) is 4.79 Å². The summed E-state index contributed by atoms with van der Waals surface area (Å²) >= 11 is 0. The Bertz CT molecular complexity index is 991. The quantitative estimate of drug-likeness (QED) is 0.749. The second-order valence-electron chi connectivity index (χ2n) is 7.68. The van der Waals surface area contributed by atoms with Gasteiger partial charge in [0.2, 0.25) is 5.91 Å². The van der Waals surface area contributed by atoms with E-state index in [1.807, 2.05) is 24.5 Å². The number of fused-ring (bicyclic) bond motifs is 1. The molecule has 1 saturated carbocycles. The van der Waals surface area contributed by atoms with E-state index < -0.39 is 0 Å². The van der Waals surface area contributed by atoms with Crippen molar-refractivity contribution in [2.45, 2.75) is 38.3 Å². The molecule has 2 aliphatic rings. The SMILES string of the molecule is C[C@@H](Oc1cc(-c2ccccc2)cc2ncn(C3CC3)c12)[C@H]1CNC(=O)C1. The van der Waals surface area contributed by atoms with E-state index in [4.69, 9.17) is 4.74 Å². The summed E-state index contributed by atoms with van der Waals surface area (Å²) in [4.78, 5) is 16.3. The van der Waals surface area contributed by atoms with Gasteiger partial charge in [0.1, 0.15) is 17.4 Å². The van der Waals surface area contributed by atoms with Gasteiger partial charge < -0.3 is 14.6 Å². The minimum atomic E-state index is -0.0410. The monoisotopic (exact) mass is 361 g/mol. The van der Waals surface area contributed by atoms with Crippen LogP contribution in [0.5, 0.6) is 5.75 Å². The average molecular weight is 361 g/mol. The van der Waals surface area contributed by atoms with Gasteiger partial charge in [0.15, 0.2) is 0 Å². The molecule has 27 heavy (non-hydrogen) atoms. The number of rotatable bonds is 5. The highest BCUT2D eigenvalue weighted by atomic mass is 16.5. The molecule has 1 aromatic heterocycles. The van der Waals surface area contributed by atoms with Crippen molar-refractivity contribution in [2.24, 2.45) is 5.92 Å². The van der Waals surface area contributed by atoms with Crippen molar-refractivity contribution >= 4 is 16.9 Å². The van der Waals surface area contributed by atoms with Crippen LogP contribution in [0.4, 0.5) is 0 Å². The topological polar surface area (TPSA) is 56.1 Å². The number of hydrogen-bond donors (Lipinski definition) is 1. The fraction of sp³-hybridized carbons (Fsp3) is 0.364. The van der Waals surface area contributed by atoms with Gasteiger partial charge in [-0.1, -0.05) is 30.3 Å². The fourth-order valence-corrected chi connectivity index (χ4v) is 3.91. The largest absolute Gasteiger partial charge is 0.488 e. The van der Waals surface area contributed by atoms with Gasteiger partial charge >= 0.3 is 0 Å². The molecular formula is C22H23N3O2. The van der Waals surface area contributed by atoms with Crippen LogP contribution in [-0.2, 0) is 4.79 Å². The maximum absolute atomic E-state index is 11.6. The molecule has 0 spiro atoms. The number of amides is 1. The molecule has 1 N–H and O–H groups in total. The van der Waals surface area contributed by atoms with Crippen molar-refractivity contribution < 1.29 is 9.53 Å². The molecule has 138 valence electrons. The fourth-order valence-electron chi connectivity index (χ4n) is 3.91. The molecule has 2 fully saturated rings. The summed E-state index contributed by atoms with van der Waals surface area (Å²) in [7, 11) is 0. The van der Waals surface area contributed by atoms with Crippen molar-refractivity contribution in [3.05, 3.63) is 48.8 Å². The maximum Gasteiger partial charge on any atom is 0.220 e. The molecule has 5 heteroatoms. The van der Waals surface area contributed by atoms with Crippen LogP contribution < -0.4 is 10.1 Å². The number of nitrogens with zero attached hydrogens (tertiary/aromatic N) is 2. The summed E-state index contributed by atoms with van der Waals surface area (Å²) in [6, 6.07) is 15.1. The third kappa shape index (κ3) is 3.07. The Kier molecular flexibility index (Phi) is 3.88. The molecule has 0 bridgehead atoms. The number of nitrogens with one attached hydrogen (secondary N) is 1. The summed E-state index contributed by atoms with van der Waals surface area (Å²) in [6.07, 6.45) is 4.82. The molecule has 2 aromatic carbocycles. The first-order valence-corrected chi connectivity index (χ1v) is 9.68. The molecule has 0 unspecified atom stereocenters. The highest BCUT2D eigenvalue weighted by molar-refractivity contribution is 5.88. The standard InChI is InChI=1S/C22H23N3O2/c1-14(17-11-21(26)23-12-17)27-20-10-16(15-5-3-2-4-6-15)9-19-22(20)25(13-24-19)18-7-8-18/h2-6,9-10,13-14,17-18H,7-8,11-12H2,1H3,(H,23,26)/t14-,17-/m1/s1. The Morgan fingerprint density at radius 2 is 2.00 bits per heavy atom. The molecule has 2 atom stereocenters. The van der Waals surface area contributed by atoms with E-state index in [9.17, 15) is 4.79 Å². The Labute approximate surface area is 158 Å². The van der Waals surface area contributed by atoms with E-state index >= 15 is 0 Å². The van der Waals surface area contributed by atoms with E-state index in [0.717, 1.165) is 27.9 Å². The van der Waals surface area contributed by atoms with E-state index in [-0.39, 0.29) is 17.9 Å². The smallest absolute Gasteiger partial charge is 0.220 e. The van der Waals surface area contributed by atoms with Crippen LogP contribution in [0.2, 0.25) is 0 Å². The molecule has 0 radical (unpaired) electrons. The predicted molar refractivity (Wildman–Crippen MR) is 105 cm³/mol. The van der Waals surface area contributed by atoms with Crippen molar-refractivity contribution in [1.82, 2.24) is 14.9 Å². The molecule has 5 nitrogen and oxygen atoms in total. The zero-order chi connectivity index (χ0) is 18.4. The normalized spacial score (nSPS) is 20.6. The summed E-state index contributed by atoms with van der Waals surface area (Å²) in [5.74, 6) is 1.18. The van der Waals surface area contributed by atoms with Crippen LogP contribution in [-0.4, -0.2) is 28.1 Å². The zero-order valence-electron chi connectivity index (χ0n) is 15.4. The average Bonchev–Trinajstić information content (AvgIpc) is 3.28. The first kappa shape index (κ1) is 16.4. The predicted octanol–water partition coefficient (Wildman–Crippen LogP) is 3.94. The number of imidazole rings is 1. The van der Waals surface area contributed by atoms with Gasteiger partial charge in [-0.15, -0.1) is 0 Å². The Morgan fingerprint density at radius 3 is 2.70 bits per heavy atom. The Morgan fingerprint density at radius 1 is 1.19 bits per heavy atom. The second kappa shape index (κ2) is 6.41. The number of benzene rings is 2. The van der Waals surface area contributed by atoms with Crippen LogP contribution in [0, 0.1) is 5.92 Å². The van der Waals surface area contributed by atoms with Gasteiger partial charge in [-0.2, -0.15) is 0 Å². The molecule has 5 rings (SSSR count). The van der Waals surface area contributed by atoms with Crippen molar-refractivity contribution in [1.29, 1.82) is 0 Å². The van der Waals surface area contributed by atoms with Crippen LogP contribution in [0.15, 0.2) is 48.8 Å². The first-order valence-electron chi connectivity index (χ1n) is 9.68. The van der Waals surface area contributed by atoms with Crippen LogP contribution in [0.3, 0.4) is 0 Å². The van der Waals surface area contributed by atoms with E-state index in [0.29, 0.717) is 19.0 Å². The maximum atomic E-state index is 11.6. The summed E-state index contributed by atoms with van der Waals surface area (Å²) in [6.45, 7) is 2.74. The zero-order valence-corrected chi connectivity index (χ0v) is 15.4. The van der Waals surface area contributed by atoms with Crippen molar-refractivity contribution in [2.75, 3.05) is 6.54 Å². The summed E-state index contributed by atoms with van der Waals surface area (Å²) in [5.41, 5.74) is 4.29. The Hall–Kier alpha value is -2.82. The number of aromatic nitrogens is 2. The van der Waals surface area contributed by atoms with Gasteiger partial charge in [0, 0.05) is 24.9 Å². The van der Waals surface area contributed by atoms with E-state index in [1.54, 1.807) is 0 Å². The molecule has 1 aliphatic heterocycles. The summed E-state index contributed by atoms with van der Waals surface area (Å²) in [5, 5.41) is 2.91. The molecule has 1 aliphatic carbocycles. The molecule has 3 aromatic rings. The lowest BCUT2D eigenvalue weighted by Crippen LogP contribution is -2.25. The number of hydrogen-bond acceptors (Lipinski definition) is 3. The van der Waals surface area contributed by atoms with Crippen molar-refractivity contribution in [3.8, 4) is 16.9 Å². The van der Waals surface area contributed by atoms with Crippen LogP contribution >= 0.6 is 0 Å². The van der Waals surface area contributed by atoms with Crippen molar-refractivity contribution in [3.63, 3.8) is 0 Å². The third-order valence-electron chi connectivity index (χ3n) is 5.67. The highest BCUT2D eigenvalue weighted by Crippen LogP contribution is 2.41. The van der Waals surface area contributed by atoms with Crippen LogP contribution in [0.1, 0.15) is 32.2 Å².